The lowest BCUT2D eigenvalue weighted by molar-refractivity contribution is -0.131. The molecule has 2 aromatic carbocycles. The van der Waals surface area contributed by atoms with E-state index in [1.165, 1.54) is 0 Å². The second kappa shape index (κ2) is 7.68. The molecule has 1 atom stereocenters. The molecule has 106 valence electrons. The fraction of sp³-hybridized carbons (Fsp3) is 0.188. The van der Waals surface area contributed by atoms with E-state index in [0.717, 1.165) is 11.1 Å². The van der Waals surface area contributed by atoms with Gasteiger partial charge in [0.2, 0.25) is 5.91 Å². The van der Waals surface area contributed by atoms with Gasteiger partial charge in [0, 0.05) is 13.6 Å². The molecule has 1 amide bonds. The first-order chi connectivity index (χ1) is 9.18. The van der Waals surface area contributed by atoms with Crippen molar-refractivity contribution >= 4 is 18.3 Å². The molecule has 0 aliphatic rings. The van der Waals surface area contributed by atoms with Gasteiger partial charge in [-0.15, -0.1) is 12.4 Å². The maximum Gasteiger partial charge on any atom is 0.244 e. The van der Waals surface area contributed by atoms with Crippen molar-refractivity contribution in [2.75, 3.05) is 7.05 Å². The molecule has 0 aliphatic heterocycles. The smallest absolute Gasteiger partial charge is 0.244 e. The van der Waals surface area contributed by atoms with Gasteiger partial charge in [0.15, 0.2) is 0 Å². The number of likely N-dealkylation sites (N-methyl/N-ethyl adjacent to an activating group) is 1. The van der Waals surface area contributed by atoms with E-state index in [1.807, 2.05) is 60.7 Å². The number of carbonyl (C=O) groups is 1. The standard InChI is InChI=1S/C16H18N2O.ClH/c1-18(12-13-8-4-2-5-9-13)16(19)15(17)14-10-6-3-7-11-14;/h2-11,15H,12,17H2,1H3;1H. The normalized spacial score (nSPS) is 11.3. The Balaban J connectivity index is 0.00000200. The summed E-state index contributed by atoms with van der Waals surface area (Å²) in [6.07, 6.45) is 0. The van der Waals surface area contributed by atoms with Gasteiger partial charge in [-0.05, 0) is 11.1 Å². The molecule has 2 N–H and O–H groups in total. The van der Waals surface area contributed by atoms with Gasteiger partial charge in [0.1, 0.15) is 6.04 Å². The summed E-state index contributed by atoms with van der Waals surface area (Å²) in [4.78, 5) is 13.9. The van der Waals surface area contributed by atoms with Crippen LogP contribution in [-0.4, -0.2) is 17.9 Å². The topological polar surface area (TPSA) is 46.3 Å². The molecule has 0 spiro atoms. The zero-order valence-corrected chi connectivity index (χ0v) is 12.2. The number of nitrogens with two attached hydrogens (primary N) is 1. The van der Waals surface area contributed by atoms with E-state index in [2.05, 4.69) is 0 Å². The number of amides is 1. The van der Waals surface area contributed by atoms with Crippen molar-refractivity contribution in [3.63, 3.8) is 0 Å². The fourth-order valence-corrected chi connectivity index (χ4v) is 1.98. The molecule has 3 nitrogen and oxygen atoms in total. The lowest BCUT2D eigenvalue weighted by atomic mass is 10.1. The minimum Gasteiger partial charge on any atom is -0.340 e. The van der Waals surface area contributed by atoms with Crippen LogP contribution < -0.4 is 5.73 Å². The Morgan fingerprint density at radius 3 is 2.10 bits per heavy atom. The Morgan fingerprint density at radius 2 is 1.55 bits per heavy atom. The van der Waals surface area contributed by atoms with Crippen LogP contribution in [0.15, 0.2) is 60.7 Å². The number of hydrogen-bond donors (Lipinski definition) is 1. The number of halogens is 1. The summed E-state index contributed by atoms with van der Waals surface area (Å²) in [5, 5.41) is 0. The predicted molar refractivity (Wildman–Crippen MR) is 83.5 cm³/mol. The van der Waals surface area contributed by atoms with Crippen molar-refractivity contribution in [2.24, 2.45) is 5.73 Å². The maximum atomic E-state index is 12.2. The lowest BCUT2D eigenvalue weighted by Crippen LogP contribution is -2.35. The molecule has 0 aromatic heterocycles. The van der Waals surface area contributed by atoms with Crippen LogP contribution in [0.25, 0.3) is 0 Å². The first kappa shape index (κ1) is 16.2. The Bertz CT molecular complexity index is 531. The summed E-state index contributed by atoms with van der Waals surface area (Å²) in [6, 6.07) is 18.7. The molecule has 2 aromatic rings. The molecule has 0 saturated carbocycles. The van der Waals surface area contributed by atoms with Crippen LogP contribution in [0.4, 0.5) is 0 Å². The van der Waals surface area contributed by atoms with Gasteiger partial charge in [-0.2, -0.15) is 0 Å². The number of rotatable bonds is 4. The van der Waals surface area contributed by atoms with Crippen LogP contribution >= 0.6 is 12.4 Å². The van der Waals surface area contributed by atoms with E-state index in [9.17, 15) is 4.79 Å². The molecule has 0 heterocycles. The molecule has 0 fully saturated rings. The van der Waals surface area contributed by atoms with Crippen molar-refractivity contribution in [2.45, 2.75) is 12.6 Å². The van der Waals surface area contributed by atoms with E-state index in [-0.39, 0.29) is 18.3 Å². The second-order valence-electron chi connectivity index (χ2n) is 4.57. The molecule has 0 aliphatic carbocycles. The van der Waals surface area contributed by atoms with E-state index in [4.69, 9.17) is 5.73 Å². The van der Waals surface area contributed by atoms with Gasteiger partial charge in [-0.3, -0.25) is 4.79 Å². The number of nitrogens with zero attached hydrogens (tertiary/aromatic N) is 1. The number of benzene rings is 2. The largest absolute Gasteiger partial charge is 0.340 e. The summed E-state index contributed by atoms with van der Waals surface area (Å²) < 4.78 is 0. The predicted octanol–water partition coefficient (Wildman–Crippen LogP) is 2.77. The minimum atomic E-state index is -0.602. The van der Waals surface area contributed by atoms with Gasteiger partial charge in [0.25, 0.3) is 0 Å². The Hall–Kier alpha value is -1.84. The second-order valence-corrected chi connectivity index (χ2v) is 4.57. The van der Waals surface area contributed by atoms with E-state index >= 15 is 0 Å². The fourth-order valence-electron chi connectivity index (χ4n) is 1.98. The molecular weight excluding hydrogens is 272 g/mol. The van der Waals surface area contributed by atoms with Crippen molar-refractivity contribution < 1.29 is 4.79 Å². The third kappa shape index (κ3) is 4.08. The highest BCUT2D eigenvalue weighted by Gasteiger charge is 2.19. The van der Waals surface area contributed by atoms with E-state index in [0.29, 0.717) is 6.54 Å². The number of carbonyl (C=O) groups excluding carboxylic acids is 1. The van der Waals surface area contributed by atoms with Crippen molar-refractivity contribution in [1.29, 1.82) is 0 Å². The van der Waals surface area contributed by atoms with Crippen molar-refractivity contribution in [3.05, 3.63) is 71.8 Å². The molecule has 0 bridgehead atoms. The summed E-state index contributed by atoms with van der Waals surface area (Å²) in [7, 11) is 1.78. The van der Waals surface area contributed by atoms with Crippen LogP contribution in [0, 0.1) is 0 Å². The van der Waals surface area contributed by atoms with Crippen LogP contribution in [0.3, 0.4) is 0 Å². The molecule has 2 rings (SSSR count). The van der Waals surface area contributed by atoms with Gasteiger partial charge >= 0.3 is 0 Å². The molecule has 4 heteroatoms. The van der Waals surface area contributed by atoms with Crippen LogP contribution in [-0.2, 0) is 11.3 Å². The SMILES string of the molecule is CN(Cc1ccccc1)C(=O)C(N)c1ccccc1.Cl. The maximum absolute atomic E-state index is 12.2. The van der Waals surface area contributed by atoms with E-state index in [1.54, 1.807) is 11.9 Å². The molecule has 1 unspecified atom stereocenters. The molecular formula is C16H19ClN2O. The monoisotopic (exact) mass is 290 g/mol. The molecule has 0 radical (unpaired) electrons. The lowest BCUT2D eigenvalue weighted by Gasteiger charge is -2.21. The first-order valence-corrected chi connectivity index (χ1v) is 6.28. The molecule has 0 saturated heterocycles. The zero-order chi connectivity index (χ0) is 13.7. The average Bonchev–Trinajstić information content (AvgIpc) is 2.47. The first-order valence-electron chi connectivity index (χ1n) is 6.28. The van der Waals surface area contributed by atoms with Crippen LogP contribution in [0.1, 0.15) is 17.2 Å². The Labute approximate surface area is 125 Å². The average molecular weight is 291 g/mol. The highest BCUT2D eigenvalue weighted by molar-refractivity contribution is 5.85. The highest BCUT2D eigenvalue weighted by Crippen LogP contribution is 2.13. The zero-order valence-electron chi connectivity index (χ0n) is 11.4. The van der Waals surface area contributed by atoms with Gasteiger partial charge in [0.05, 0.1) is 0 Å². The number of hydrogen-bond acceptors (Lipinski definition) is 2. The highest BCUT2D eigenvalue weighted by atomic mass is 35.5. The van der Waals surface area contributed by atoms with Crippen molar-refractivity contribution in [3.8, 4) is 0 Å². The molecule has 20 heavy (non-hydrogen) atoms. The quantitative estimate of drug-likeness (QED) is 0.941. The Kier molecular flexibility index (Phi) is 6.22. The summed E-state index contributed by atoms with van der Waals surface area (Å²) in [5.41, 5.74) is 7.94. The van der Waals surface area contributed by atoms with Crippen LogP contribution in [0.5, 0.6) is 0 Å². The van der Waals surface area contributed by atoms with Gasteiger partial charge in [-0.1, -0.05) is 60.7 Å². The Morgan fingerprint density at radius 1 is 1.05 bits per heavy atom. The third-order valence-electron chi connectivity index (χ3n) is 3.06. The summed E-state index contributed by atoms with van der Waals surface area (Å²) >= 11 is 0. The van der Waals surface area contributed by atoms with E-state index < -0.39 is 6.04 Å². The van der Waals surface area contributed by atoms with Gasteiger partial charge < -0.3 is 10.6 Å². The van der Waals surface area contributed by atoms with Gasteiger partial charge in [-0.25, -0.2) is 0 Å². The third-order valence-corrected chi connectivity index (χ3v) is 3.06. The summed E-state index contributed by atoms with van der Waals surface area (Å²) in [6.45, 7) is 0.570. The summed E-state index contributed by atoms with van der Waals surface area (Å²) in [5.74, 6) is -0.0740. The van der Waals surface area contributed by atoms with Crippen molar-refractivity contribution in [1.82, 2.24) is 4.90 Å². The minimum absolute atomic E-state index is 0. The van der Waals surface area contributed by atoms with Crippen LogP contribution in [0.2, 0.25) is 0 Å².